The van der Waals surface area contributed by atoms with Crippen molar-refractivity contribution < 1.29 is 4.79 Å². The van der Waals surface area contributed by atoms with Gasteiger partial charge in [0.15, 0.2) is 0 Å². The van der Waals surface area contributed by atoms with E-state index in [9.17, 15) is 4.79 Å². The summed E-state index contributed by atoms with van der Waals surface area (Å²) >= 11 is 0. The smallest absolute Gasteiger partial charge is 0.262 e. The lowest BCUT2D eigenvalue weighted by molar-refractivity contribution is -0.115. The predicted octanol–water partition coefficient (Wildman–Crippen LogP) is 3.15. The van der Waals surface area contributed by atoms with Crippen molar-refractivity contribution in [1.29, 1.82) is 0 Å². The molecule has 19 heavy (non-hydrogen) atoms. The molecule has 2 aromatic rings. The Morgan fingerprint density at radius 3 is 2.42 bits per heavy atom. The first-order valence-electron chi connectivity index (χ1n) is 6.10. The molecule has 0 atom stereocenters. The van der Waals surface area contributed by atoms with Crippen molar-refractivity contribution in [2.45, 2.75) is 6.92 Å². The van der Waals surface area contributed by atoms with E-state index in [0.717, 1.165) is 16.8 Å². The van der Waals surface area contributed by atoms with Crippen LogP contribution < -0.4 is 10.9 Å². The highest BCUT2D eigenvalue weighted by Crippen LogP contribution is 2.11. The maximum Gasteiger partial charge on any atom is 0.262 e. The second-order valence-electron chi connectivity index (χ2n) is 4.17. The highest BCUT2D eigenvalue weighted by Gasteiger charge is 1.97. The van der Waals surface area contributed by atoms with Crippen LogP contribution in [-0.4, -0.2) is 5.91 Å². The molecule has 96 valence electrons. The molecule has 0 unspecified atom stereocenters. The van der Waals surface area contributed by atoms with E-state index in [2.05, 4.69) is 10.9 Å². The van der Waals surface area contributed by atoms with Gasteiger partial charge in [0.25, 0.3) is 5.91 Å². The standard InChI is InChI=1S/C16H16N2O/c1-13-7-5-6-10-15(13)17-18-16(19)12-11-14-8-3-2-4-9-14/h2-12,17H,1H3,(H,18,19)/b12-11+. The second-order valence-corrected chi connectivity index (χ2v) is 4.17. The summed E-state index contributed by atoms with van der Waals surface area (Å²) in [6, 6.07) is 17.5. The molecule has 0 bridgehead atoms. The second kappa shape index (κ2) is 6.40. The molecule has 2 rings (SSSR count). The number of hydrogen-bond donors (Lipinski definition) is 2. The number of carbonyl (C=O) groups is 1. The lowest BCUT2D eigenvalue weighted by atomic mass is 10.2. The Balaban J connectivity index is 1.89. The average Bonchev–Trinajstić information content (AvgIpc) is 2.45. The number of benzene rings is 2. The molecule has 0 aliphatic heterocycles. The summed E-state index contributed by atoms with van der Waals surface area (Å²) in [6.07, 6.45) is 3.27. The topological polar surface area (TPSA) is 41.1 Å². The maximum atomic E-state index is 11.6. The Bertz CT molecular complexity index is 576. The van der Waals surface area contributed by atoms with E-state index < -0.39 is 0 Å². The van der Waals surface area contributed by atoms with Crippen molar-refractivity contribution in [2.75, 3.05) is 5.43 Å². The summed E-state index contributed by atoms with van der Waals surface area (Å²) in [7, 11) is 0. The number of anilines is 1. The van der Waals surface area contributed by atoms with Crippen molar-refractivity contribution in [3.05, 3.63) is 71.8 Å². The Labute approximate surface area is 112 Å². The molecule has 0 spiro atoms. The third kappa shape index (κ3) is 4.00. The fourth-order valence-corrected chi connectivity index (χ4v) is 1.62. The minimum atomic E-state index is -0.188. The van der Waals surface area contributed by atoms with Gasteiger partial charge in [-0.2, -0.15) is 0 Å². The summed E-state index contributed by atoms with van der Waals surface area (Å²) in [5.41, 5.74) is 8.50. The van der Waals surface area contributed by atoms with Gasteiger partial charge in [-0.15, -0.1) is 0 Å². The minimum Gasteiger partial charge on any atom is -0.298 e. The molecule has 0 radical (unpaired) electrons. The van der Waals surface area contributed by atoms with Crippen LogP contribution >= 0.6 is 0 Å². The summed E-state index contributed by atoms with van der Waals surface area (Å²) in [6.45, 7) is 1.98. The van der Waals surface area contributed by atoms with E-state index in [1.807, 2.05) is 61.5 Å². The number of rotatable bonds is 4. The molecule has 0 heterocycles. The molecule has 2 N–H and O–H groups in total. The Kier molecular flexibility index (Phi) is 4.34. The average molecular weight is 252 g/mol. The number of hydrogen-bond acceptors (Lipinski definition) is 2. The van der Waals surface area contributed by atoms with E-state index in [1.165, 1.54) is 6.08 Å². The highest BCUT2D eigenvalue weighted by molar-refractivity contribution is 5.92. The summed E-state index contributed by atoms with van der Waals surface area (Å²) in [5, 5.41) is 0. The molecule has 3 nitrogen and oxygen atoms in total. The molecule has 0 aliphatic rings. The molecule has 0 saturated heterocycles. The quantitative estimate of drug-likeness (QED) is 0.648. The lowest BCUT2D eigenvalue weighted by Crippen LogP contribution is -2.27. The van der Waals surface area contributed by atoms with Crippen LogP contribution in [0.5, 0.6) is 0 Å². The minimum absolute atomic E-state index is 0.188. The Hall–Kier alpha value is -2.55. The molecule has 0 aliphatic carbocycles. The van der Waals surface area contributed by atoms with Crippen LogP contribution in [0.3, 0.4) is 0 Å². The zero-order valence-corrected chi connectivity index (χ0v) is 10.8. The van der Waals surface area contributed by atoms with Crippen LogP contribution in [0.4, 0.5) is 5.69 Å². The predicted molar refractivity (Wildman–Crippen MR) is 78.4 cm³/mol. The molecule has 2 aromatic carbocycles. The van der Waals surface area contributed by atoms with Crippen LogP contribution in [0.2, 0.25) is 0 Å². The van der Waals surface area contributed by atoms with Crippen LogP contribution in [0, 0.1) is 6.92 Å². The van der Waals surface area contributed by atoms with E-state index in [1.54, 1.807) is 6.08 Å². The molecular formula is C16H16N2O. The number of nitrogens with one attached hydrogen (secondary N) is 2. The summed E-state index contributed by atoms with van der Waals surface area (Å²) in [5.74, 6) is -0.188. The summed E-state index contributed by atoms with van der Waals surface area (Å²) < 4.78 is 0. The van der Waals surface area contributed by atoms with Gasteiger partial charge < -0.3 is 0 Å². The van der Waals surface area contributed by atoms with Gasteiger partial charge in [0.05, 0.1) is 5.69 Å². The number of aryl methyl sites for hydroxylation is 1. The van der Waals surface area contributed by atoms with E-state index >= 15 is 0 Å². The maximum absolute atomic E-state index is 11.6. The van der Waals surface area contributed by atoms with E-state index in [0.29, 0.717) is 0 Å². The first-order chi connectivity index (χ1) is 9.25. The van der Waals surface area contributed by atoms with Crippen LogP contribution in [0.25, 0.3) is 6.08 Å². The van der Waals surface area contributed by atoms with Crippen LogP contribution in [0.1, 0.15) is 11.1 Å². The largest absolute Gasteiger partial charge is 0.298 e. The SMILES string of the molecule is Cc1ccccc1NNC(=O)/C=C/c1ccccc1. The van der Waals surface area contributed by atoms with Gasteiger partial charge in [-0.3, -0.25) is 15.6 Å². The van der Waals surface area contributed by atoms with Gasteiger partial charge in [0.1, 0.15) is 0 Å². The normalized spacial score (nSPS) is 10.4. The van der Waals surface area contributed by atoms with Gasteiger partial charge in [-0.25, -0.2) is 0 Å². The number of para-hydroxylation sites is 1. The Morgan fingerprint density at radius 1 is 1.00 bits per heavy atom. The van der Waals surface area contributed by atoms with E-state index in [-0.39, 0.29) is 5.91 Å². The highest BCUT2D eigenvalue weighted by atomic mass is 16.2. The zero-order valence-electron chi connectivity index (χ0n) is 10.8. The van der Waals surface area contributed by atoms with Crippen molar-refractivity contribution in [3.63, 3.8) is 0 Å². The molecule has 3 heteroatoms. The third-order valence-corrected chi connectivity index (χ3v) is 2.69. The molecule has 0 fully saturated rings. The lowest BCUT2D eigenvalue weighted by Gasteiger charge is -2.08. The van der Waals surface area contributed by atoms with Crippen molar-refractivity contribution in [2.24, 2.45) is 0 Å². The van der Waals surface area contributed by atoms with E-state index in [4.69, 9.17) is 0 Å². The van der Waals surface area contributed by atoms with Gasteiger partial charge in [-0.05, 0) is 30.2 Å². The van der Waals surface area contributed by atoms with Crippen LogP contribution in [-0.2, 0) is 4.79 Å². The van der Waals surface area contributed by atoms with Crippen molar-refractivity contribution in [1.82, 2.24) is 5.43 Å². The fraction of sp³-hybridized carbons (Fsp3) is 0.0625. The first kappa shape index (κ1) is 12.9. The van der Waals surface area contributed by atoms with Crippen molar-refractivity contribution in [3.8, 4) is 0 Å². The van der Waals surface area contributed by atoms with Crippen molar-refractivity contribution >= 4 is 17.7 Å². The molecule has 0 saturated carbocycles. The van der Waals surface area contributed by atoms with Crippen LogP contribution in [0.15, 0.2) is 60.7 Å². The monoisotopic (exact) mass is 252 g/mol. The number of hydrazine groups is 1. The number of carbonyl (C=O) groups excluding carboxylic acids is 1. The van der Waals surface area contributed by atoms with Gasteiger partial charge in [0.2, 0.25) is 0 Å². The molecular weight excluding hydrogens is 236 g/mol. The van der Waals surface area contributed by atoms with Gasteiger partial charge >= 0.3 is 0 Å². The third-order valence-electron chi connectivity index (χ3n) is 2.69. The Morgan fingerprint density at radius 2 is 1.68 bits per heavy atom. The summed E-state index contributed by atoms with van der Waals surface area (Å²) in [4.78, 5) is 11.6. The fourth-order valence-electron chi connectivity index (χ4n) is 1.62. The molecule has 1 amide bonds. The number of amides is 1. The van der Waals surface area contributed by atoms with Gasteiger partial charge in [-0.1, -0.05) is 48.5 Å². The zero-order chi connectivity index (χ0) is 13.5. The van der Waals surface area contributed by atoms with Gasteiger partial charge in [0, 0.05) is 6.08 Å². The first-order valence-corrected chi connectivity index (χ1v) is 6.10. The molecule has 0 aromatic heterocycles.